The summed E-state index contributed by atoms with van der Waals surface area (Å²) in [7, 11) is 0. The second-order valence-corrected chi connectivity index (χ2v) is 7.94. The van der Waals surface area contributed by atoms with Gasteiger partial charge in [0.1, 0.15) is 0 Å². The molecule has 7 heteroatoms. The molecule has 0 N–H and O–H groups in total. The fourth-order valence-corrected chi connectivity index (χ4v) is 3.84. The zero-order valence-electron chi connectivity index (χ0n) is 17.7. The molecule has 0 bridgehead atoms. The summed E-state index contributed by atoms with van der Waals surface area (Å²) in [5.74, 6) is -1.85. The fraction of sp³-hybridized carbons (Fsp3) is 0.280. The van der Waals surface area contributed by atoms with Crippen LogP contribution in [0.4, 0.5) is 8.78 Å². The number of pyridine rings is 1. The van der Waals surface area contributed by atoms with E-state index in [0.717, 1.165) is 17.2 Å². The van der Waals surface area contributed by atoms with Gasteiger partial charge in [-0.2, -0.15) is 0 Å². The van der Waals surface area contributed by atoms with Crippen LogP contribution in [0.15, 0.2) is 73.1 Å². The Labute approximate surface area is 186 Å². The van der Waals surface area contributed by atoms with Crippen LogP contribution in [0.1, 0.15) is 16.7 Å². The third-order valence-corrected chi connectivity index (χ3v) is 5.45. The molecule has 3 aromatic rings. The minimum absolute atomic E-state index is 0.0866. The van der Waals surface area contributed by atoms with Gasteiger partial charge in [0.25, 0.3) is 0 Å². The highest BCUT2D eigenvalue weighted by atomic mass is 19.2. The van der Waals surface area contributed by atoms with Gasteiger partial charge in [0.05, 0.1) is 19.3 Å². The van der Waals surface area contributed by atoms with Crippen LogP contribution in [-0.4, -0.2) is 46.4 Å². The Morgan fingerprint density at radius 3 is 2.53 bits per heavy atom. The van der Waals surface area contributed by atoms with Crippen LogP contribution in [-0.2, 0) is 29.2 Å². The lowest BCUT2D eigenvalue weighted by Gasteiger charge is -2.25. The van der Waals surface area contributed by atoms with Gasteiger partial charge < -0.3 is 9.64 Å². The zero-order chi connectivity index (χ0) is 22.3. The second kappa shape index (κ2) is 10.4. The van der Waals surface area contributed by atoms with Crippen LogP contribution in [0, 0.1) is 11.6 Å². The highest BCUT2D eigenvalue weighted by Gasteiger charge is 2.29. The van der Waals surface area contributed by atoms with Gasteiger partial charge in [0, 0.05) is 44.1 Å². The third kappa shape index (κ3) is 5.75. The van der Waals surface area contributed by atoms with Gasteiger partial charge in [-0.15, -0.1) is 0 Å². The smallest absolute Gasteiger partial charge is 0.237 e. The molecular formula is C25H25F2N3O2. The highest BCUT2D eigenvalue weighted by Crippen LogP contribution is 2.18. The van der Waals surface area contributed by atoms with E-state index in [1.165, 1.54) is 6.07 Å². The summed E-state index contributed by atoms with van der Waals surface area (Å²) < 4.78 is 34.1. The molecule has 1 fully saturated rings. The van der Waals surface area contributed by atoms with E-state index in [0.29, 0.717) is 26.2 Å². The second-order valence-electron chi connectivity index (χ2n) is 7.94. The van der Waals surface area contributed by atoms with Gasteiger partial charge in [-0.1, -0.05) is 48.5 Å². The molecule has 2 aromatic carbocycles. The molecule has 0 saturated carbocycles. The number of hydrogen-bond acceptors (Lipinski definition) is 4. The Kier molecular flexibility index (Phi) is 7.19. The molecule has 1 atom stereocenters. The number of benzene rings is 2. The zero-order valence-corrected chi connectivity index (χ0v) is 17.7. The van der Waals surface area contributed by atoms with Crippen LogP contribution < -0.4 is 0 Å². The minimum Gasteiger partial charge on any atom is -0.370 e. The summed E-state index contributed by atoms with van der Waals surface area (Å²) >= 11 is 0. The predicted molar refractivity (Wildman–Crippen MR) is 116 cm³/mol. The lowest BCUT2D eigenvalue weighted by atomic mass is 10.2. The van der Waals surface area contributed by atoms with E-state index in [-0.39, 0.29) is 30.7 Å². The summed E-state index contributed by atoms with van der Waals surface area (Å²) in [6.07, 6.45) is 3.14. The van der Waals surface area contributed by atoms with Gasteiger partial charge in [0.15, 0.2) is 11.6 Å². The van der Waals surface area contributed by atoms with Crippen LogP contribution in [0.2, 0.25) is 0 Å². The van der Waals surface area contributed by atoms with Crippen LogP contribution in [0.5, 0.6) is 0 Å². The normalized spacial score (nSPS) is 17.4. The first-order valence-corrected chi connectivity index (χ1v) is 10.6. The standard InChI is InChI=1S/C25H25F2N3O2/c26-23-10-4-9-21(25(23)27)14-29-15-22(32-18-19-6-2-1-3-7-19)16-30(24(31)17-29)13-20-8-5-11-28-12-20/h1-12,22H,13-18H2/t22-/m0/s1. The molecule has 1 aliphatic heterocycles. The highest BCUT2D eigenvalue weighted by molar-refractivity contribution is 5.78. The molecule has 2 heterocycles. The van der Waals surface area contributed by atoms with E-state index in [1.807, 2.05) is 47.4 Å². The number of halogens is 2. The molecule has 166 valence electrons. The molecule has 1 aromatic heterocycles. The molecule has 32 heavy (non-hydrogen) atoms. The van der Waals surface area contributed by atoms with Crippen molar-refractivity contribution in [3.63, 3.8) is 0 Å². The van der Waals surface area contributed by atoms with E-state index >= 15 is 0 Å². The Balaban J connectivity index is 1.51. The topological polar surface area (TPSA) is 45.7 Å². The summed E-state index contributed by atoms with van der Waals surface area (Å²) in [4.78, 5) is 20.7. The van der Waals surface area contributed by atoms with Crippen LogP contribution >= 0.6 is 0 Å². The van der Waals surface area contributed by atoms with Crippen molar-refractivity contribution in [3.05, 3.63) is 101 Å². The molecule has 0 unspecified atom stereocenters. The predicted octanol–water partition coefficient (Wildman–Crippen LogP) is 3.79. The SMILES string of the molecule is O=C1CN(Cc2cccc(F)c2F)C[C@H](OCc2ccccc2)CN1Cc1cccnc1. The first-order chi connectivity index (χ1) is 15.6. The van der Waals surface area contributed by atoms with E-state index in [2.05, 4.69) is 4.98 Å². The first kappa shape index (κ1) is 22.0. The lowest BCUT2D eigenvalue weighted by Crippen LogP contribution is -2.37. The molecule has 4 rings (SSSR count). The number of ether oxygens (including phenoxy) is 1. The monoisotopic (exact) mass is 437 g/mol. The van der Waals surface area contributed by atoms with Crippen molar-refractivity contribution in [2.24, 2.45) is 0 Å². The average molecular weight is 437 g/mol. The Bertz CT molecular complexity index is 1030. The maximum atomic E-state index is 14.3. The van der Waals surface area contributed by atoms with Crippen molar-refractivity contribution in [2.75, 3.05) is 19.6 Å². The number of carbonyl (C=O) groups is 1. The van der Waals surface area contributed by atoms with Crippen LogP contribution in [0.25, 0.3) is 0 Å². The molecule has 5 nitrogen and oxygen atoms in total. The van der Waals surface area contributed by atoms with E-state index in [9.17, 15) is 13.6 Å². The Morgan fingerprint density at radius 2 is 1.75 bits per heavy atom. The molecule has 0 radical (unpaired) electrons. The van der Waals surface area contributed by atoms with E-state index in [1.54, 1.807) is 23.4 Å². The van der Waals surface area contributed by atoms with E-state index in [4.69, 9.17) is 4.74 Å². The van der Waals surface area contributed by atoms with E-state index < -0.39 is 11.6 Å². The quantitative estimate of drug-likeness (QED) is 0.564. The number of amides is 1. The lowest BCUT2D eigenvalue weighted by molar-refractivity contribution is -0.132. The Morgan fingerprint density at radius 1 is 0.938 bits per heavy atom. The molecule has 1 amide bonds. The van der Waals surface area contributed by atoms with Gasteiger partial charge in [-0.25, -0.2) is 8.78 Å². The van der Waals surface area contributed by atoms with Crippen molar-refractivity contribution < 1.29 is 18.3 Å². The van der Waals surface area contributed by atoms with Crippen molar-refractivity contribution in [2.45, 2.75) is 25.8 Å². The number of carbonyl (C=O) groups excluding carboxylic acids is 1. The summed E-state index contributed by atoms with van der Waals surface area (Å²) in [6, 6.07) is 17.7. The van der Waals surface area contributed by atoms with Crippen molar-refractivity contribution in [3.8, 4) is 0 Å². The maximum Gasteiger partial charge on any atom is 0.237 e. The van der Waals surface area contributed by atoms with Crippen molar-refractivity contribution in [1.29, 1.82) is 0 Å². The summed E-state index contributed by atoms with van der Waals surface area (Å²) in [5, 5.41) is 0. The van der Waals surface area contributed by atoms with Crippen LogP contribution in [0.3, 0.4) is 0 Å². The molecular weight excluding hydrogens is 412 g/mol. The first-order valence-electron chi connectivity index (χ1n) is 10.6. The maximum absolute atomic E-state index is 14.3. The van der Waals surface area contributed by atoms with Gasteiger partial charge in [-0.05, 0) is 23.3 Å². The number of hydrogen-bond donors (Lipinski definition) is 0. The molecule has 0 aliphatic carbocycles. The molecule has 1 aliphatic rings. The number of nitrogens with zero attached hydrogens (tertiary/aromatic N) is 3. The largest absolute Gasteiger partial charge is 0.370 e. The van der Waals surface area contributed by atoms with Crippen molar-refractivity contribution >= 4 is 5.91 Å². The minimum atomic E-state index is -0.890. The summed E-state index contributed by atoms with van der Waals surface area (Å²) in [5.41, 5.74) is 2.18. The average Bonchev–Trinajstić information content (AvgIpc) is 2.95. The van der Waals surface area contributed by atoms with Gasteiger partial charge in [-0.3, -0.25) is 14.7 Å². The van der Waals surface area contributed by atoms with Gasteiger partial charge >= 0.3 is 0 Å². The number of rotatable bonds is 7. The summed E-state index contributed by atoms with van der Waals surface area (Å²) in [6.45, 7) is 1.88. The third-order valence-electron chi connectivity index (χ3n) is 5.45. The Hall–Kier alpha value is -3.16. The molecule has 1 saturated heterocycles. The fourth-order valence-electron chi connectivity index (χ4n) is 3.84. The number of aromatic nitrogens is 1. The van der Waals surface area contributed by atoms with Gasteiger partial charge in [0.2, 0.25) is 5.91 Å². The molecule has 0 spiro atoms. The van der Waals surface area contributed by atoms with Crippen molar-refractivity contribution in [1.82, 2.24) is 14.8 Å².